The molecule has 0 unspecified atom stereocenters. The summed E-state index contributed by atoms with van der Waals surface area (Å²) in [6.07, 6.45) is 8.80. The van der Waals surface area contributed by atoms with Gasteiger partial charge >= 0.3 is 0 Å². The van der Waals surface area contributed by atoms with E-state index < -0.39 is 0 Å². The molecule has 1 fully saturated rings. The second-order valence-electron chi connectivity index (χ2n) is 6.00. The summed E-state index contributed by atoms with van der Waals surface area (Å²) in [7, 11) is 1.98. The molecule has 1 N–H and O–H groups in total. The van der Waals surface area contributed by atoms with E-state index in [1.165, 1.54) is 0 Å². The predicted molar refractivity (Wildman–Crippen MR) is 93.2 cm³/mol. The largest absolute Gasteiger partial charge is 0.380 e. The third kappa shape index (κ3) is 3.45. The number of nitrogens with zero attached hydrogens (tertiary/aromatic N) is 2. The monoisotopic (exact) mass is 307 g/mol. The van der Waals surface area contributed by atoms with Crippen LogP contribution in [-0.4, -0.2) is 21.9 Å². The lowest BCUT2D eigenvalue weighted by atomic mass is 9.89. The first kappa shape index (κ1) is 15.4. The maximum Gasteiger partial charge on any atom is 0.141 e. The van der Waals surface area contributed by atoms with Crippen molar-refractivity contribution < 1.29 is 4.79 Å². The van der Waals surface area contributed by atoms with Gasteiger partial charge in [0.2, 0.25) is 0 Å². The van der Waals surface area contributed by atoms with Gasteiger partial charge in [-0.25, -0.2) is 4.98 Å². The molecule has 23 heavy (non-hydrogen) atoms. The van der Waals surface area contributed by atoms with Crippen LogP contribution in [0, 0.1) is 17.8 Å². The molecule has 0 aromatic carbocycles. The topological polar surface area (TPSA) is 46.9 Å². The highest BCUT2D eigenvalue weighted by atomic mass is 16.1. The summed E-state index contributed by atoms with van der Waals surface area (Å²) in [6.45, 7) is 4.42. The number of rotatable bonds is 3. The first-order chi connectivity index (χ1) is 11.2. The van der Waals surface area contributed by atoms with Crippen LogP contribution in [-0.2, 0) is 11.8 Å². The van der Waals surface area contributed by atoms with E-state index >= 15 is 0 Å². The van der Waals surface area contributed by atoms with E-state index in [0.29, 0.717) is 31.1 Å². The van der Waals surface area contributed by atoms with Gasteiger partial charge in [-0.2, -0.15) is 0 Å². The zero-order valence-corrected chi connectivity index (χ0v) is 13.4. The number of aryl methyl sites for hydroxylation is 1. The number of nitrogens with one attached hydrogen (secondary N) is 1. The van der Waals surface area contributed by atoms with Gasteiger partial charge in [-0.1, -0.05) is 17.9 Å². The predicted octanol–water partition coefficient (Wildman–Crippen LogP) is 3.28. The lowest BCUT2D eigenvalue weighted by molar-refractivity contribution is -0.120. The van der Waals surface area contributed by atoms with Crippen LogP contribution in [0.15, 0.2) is 31.1 Å². The highest BCUT2D eigenvalue weighted by molar-refractivity contribution is 5.86. The number of hydrogen-bond acceptors (Lipinski definition) is 3. The van der Waals surface area contributed by atoms with Crippen LogP contribution < -0.4 is 5.32 Å². The standard InChI is InChI=1S/C19H21N3O/c1-3-10-20-16-11-18-15(13-22(2)19(18)21-12-16)7-4-14-5-8-17(23)9-6-14/h3,11-14,20H,1,5-6,8-10H2,2H3. The van der Waals surface area contributed by atoms with Crippen LogP contribution in [0.3, 0.4) is 0 Å². The summed E-state index contributed by atoms with van der Waals surface area (Å²) in [6, 6.07) is 2.08. The average molecular weight is 307 g/mol. The van der Waals surface area contributed by atoms with Crippen molar-refractivity contribution in [3.8, 4) is 11.8 Å². The normalized spacial score (nSPS) is 15.3. The van der Waals surface area contributed by atoms with Crippen LogP contribution in [0.25, 0.3) is 11.0 Å². The Morgan fingerprint density at radius 1 is 1.48 bits per heavy atom. The Hall–Kier alpha value is -2.54. The van der Waals surface area contributed by atoms with Crippen LogP contribution in [0.2, 0.25) is 0 Å². The summed E-state index contributed by atoms with van der Waals surface area (Å²) < 4.78 is 2.00. The van der Waals surface area contributed by atoms with Gasteiger partial charge in [0.25, 0.3) is 0 Å². The molecule has 4 heteroatoms. The van der Waals surface area contributed by atoms with Crippen molar-refractivity contribution in [3.63, 3.8) is 0 Å². The highest BCUT2D eigenvalue weighted by Crippen LogP contribution is 2.23. The number of anilines is 1. The number of Topliss-reactive ketones (excluding diaryl/α,β-unsaturated/α-hetero) is 1. The zero-order chi connectivity index (χ0) is 16.2. The van der Waals surface area contributed by atoms with E-state index in [4.69, 9.17) is 0 Å². The minimum absolute atomic E-state index is 0.331. The highest BCUT2D eigenvalue weighted by Gasteiger charge is 2.16. The van der Waals surface area contributed by atoms with Crippen molar-refractivity contribution in [2.24, 2.45) is 13.0 Å². The van der Waals surface area contributed by atoms with Crippen molar-refractivity contribution in [3.05, 3.63) is 36.7 Å². The van der Waals surface area contributed by atoms with Gasteiger partial charge in [0, 0.05) is 43.9 Å². The van der Waals surface area contributed by atoms with Crippen LogP contribution >= 0.6 is 0 Å². The number of aromatic nitrogens is 2. The number of fused-ring (bicyclic) bond motifs is 1. The van der Waals surface area contributed by atoms with Crippen LogP contribution in [0.5, 0.6) is 0 Å². The van der Waals surface area contributed by atoms with Crippen molar-refractivity contribution in [2.45, 2.75) is 25.7 Å². The zero-order valence-electron chi connectivity index (χ0n) is 13.4. The molecule has 0 aliphatic heterocycles. The van der Waals surface area contributed by atoms with Crippen molar-refractivity contribution in [1.82, 2.24) is 9.55 Å². The Morgan fingerprint density at radius 2 is 2.26 bits per heavy atom. The third-order valence-electron chi connectivity index (χ3n) is 4.22. The molecule has 118 valence electrons. The Balaban J connectivity index is 1.88. The summed E-state index contributed by atoms with van der Waals surface area (Å²) in [5.74, 6) is 7.36. The van der Waals surface area contributed by atoms with Crippen LogP contribution in [0.4, 0.5) is 5.69 Å². The molecule has 0 saturated heterocycles. The average Bonchev–Trinajstić information content (AvgIpc) is 2.88. The summed E-state index contributed by atoms with van der Waals surface area (Å²) in [5.41, 5.74) is 2.89. The molecule has 4 nitrogen and oxygen atoms in total. The van der Waals surface area contributed by atoms with Gasteiger partial charge in [0.05, 0.1) is 17.4 Å². The second kappa shape index (κ2) is 6.70. The molecular weight excluding hydrogens is 286 g/mol. The molecule has 0 amide bonds. The molecule has 0 spiro atoms. The maximum absolute atomic E-state index is 11.3. The number of ketones is 1. The summed E-state index contributed by atoms with van der Waals surface area (Å²) in [5, 5.41) is 4.31. The van der Waals surface area contributed by atoms with Gasteiger partial charge in [0.1, 0.15) is 11.4 Å². The number of carbonyl (C=O) groups excluding carboxylic acids is 1. The number of pyridine rings is 1. The van der Waals surface area contributed by atoms with E-state index in [1.54, 1.807) is 0 Å². The van der Waals surface area contributed by atoms with Crippen molar-refractivity contribution in [1.29, 1.82) is 0 Å². The minimum Gasteiger partial charge on any atom is -0.380 e. The van der Waals surface area contributed by atoms with E-state index in [-0.39, 0.29) is 0 Å². The Morgan fingerprint density at radius 3 is 3.00 bits per heavy atom. The van der Waals surface area contributed by atoms with Crippen molar-refractivity contribution in [2.75, 3.05) is 11.9 Å². The number of hydrogen-bond donors (Lipinski definition) is 1. The second-order valence-corrected chi connectivity index (χ2v) is 6.00. The summed E-state index contributed by atoms with van der Waals surface area (Å²) >= 11 is 0. The van der Waals surface area contributed by atoms with E-state index in [9.17, 15) is 4.79 Å². The molecular formula is C19H21N3O. The molecule has 0 bridgehead atoms. The molecule has 1 aliphatic rings. The molecule has 1 aliphatic carbocycles. The molecule has 0 atom stereocenters. The first-order valence-electron chi connectivity index (χ1n) is 8.00. The Labute approximate surface area is 136 Å². The van der Waals surface area contributed by atoms with Gasteiger partial charge < -0.3 is 9.88 Å². The Kier molecular flexibility index (Phi) is 4.47. The van der Waals surface area contributed by atoms with E-state index in [0.717, 1.165) is 35.1 Å². The minimum atomic E-state index is 0.331. The fourth-order valence-electron chi connectivity index (χ4n) is 2.91. The SMILES string of the molecule is C=CCNc1cnc2c(c1)c(C#CC1CCC(=O)CC1)cn2C. The van der Waals surface area contributed by atoms with Gasteiger partial charge in [-0.05, 0) is 18.9 Å². The molecule has 1 saturated carbocycles. The van der Waals surface area contributed by atoms with Gasteiger partial charge in [-0.3, -0.25) is 4.79 Å². The quantitative estimate of drug-likeness (QED) is 0.699. The smallest absolute Gasteiger partial charge is 0.141 e. The van der Waals surface area contributed by atoms with E-state index in [2.05, 4.69) is 34.8 Å². The molecule has 2 aromatic heterocycles. The number of carbonyl (C=O) groups is 1. The summed E-state index contributed by atoms with van der Waals surface area (Å²) in [4.78, 5) is 15.8. The van der Waals surface area contributed by atoms with Crippen LogP contribution in [0.1, 0.15) is 31.2 Å². The lowest BCUT2D eigenvalue weighted by Gasteiger charge is -2.14. The van der Waals surface area contributed by atoms with Crippen molar-refractivity contribution >= 4 is 22.5 Å². The van der Waals surface area contributed by atoms with Gasteiger partial charge in [0.15, 0.2) is 0 Å². The van der Waals surface area contributed by atoms with E-state index in [1.807, 2.05) is 30.1 Å². The Bertz CT molecular complexity index is 797. The molecule has 2 heterocycles. The first-order valence-corrected chi connectivity index (χ1v) is 8.00. The fourth-order valence-corrected chi connectivity index (χ4v) is 2.91. The lowest BCUT2D eigenvalue weighted by Crippen LogP contribution is -2.12. The maximum atomic E-state index is 11.3. The molecule has 2 aromatic rings. The molecule has 3 rings (SSSR count). The van der Waals surface area contributed by atoms with Gasteiger partial charge in [-0.15, -0.1) is 6.58 Å². The third-order valence-corrected chi connectivity index (χ3v) is 4.22. The molecule has 0 radical (unpaired) electrons. The fraction of sp³-hybridized carbons (Fsp3) is 0.368.